The third-order valence-corrected chi connectivity index (χ3v) is 3.19. The van der Waals surface area contributed by atoms with Gasteiger partial charge in [0.15, 0.2) is 0 Å². The number of nitrogens with one attached hydrogen (secondary N) is 1. The van der Waals surface area contributed by atoms with E-state index >= 15 is 0 Å². The zero-order valence-corrected chi connectivity index (χ0v) is 13.0. The molecule has 0 unspecified atom stereocenters. The molecule has 0 heterocycles. The van der Waals surface area contributed by atoms with Crippen molar-refractivity contribution in [3.05, 3.63) is 35.4 Å². The number of benzene rings is 1. The number of hydrazone groups is 1. The van der Waals surface area contributed by atoms with Gasteiger partial charge < -0.3 is 5.11 Å². The van der Waals surface area contributed by atoms with E-state index < -0.39 is 17.7 Å². The molecule has 2 N–H and O–H groups in total. The van der Waals surface area contributed by atoms with Crippen LogP contribution in [0.3, 0.4) is 0 Å². The van der Waals surface area contributed by atoms with Crippen LogP contribution in [0.5, 0.6) is 0 Å². The van der Waals surface area contributed by atoms with Gasteiger partial charge in [0.05, 0.1) is 11.8 Å². The summed E-state index contributed by atoms with van der Waals surface area (Å²) >= 11 is 0. The fraction of sp³-hybridized carbons (Fsp3) is 0.438. The third kappa shape index (κ3) is 8.30. The molecule has 0 fully saturated rings. The molecule has 0 radical (unpaired) electrons. The van der Waals surface area contributed by atoms with E-state index in [4.69, 9.17) is 5.11 Å². The minimum Gasteiger partial charge on any atom is -0.481 e. The third-order valence-electron chi connectivity index (χ3n) is 3.19. The fourth-order valence-electron chi connectivity index (χ4n) is 1.91. The van der Waals surface area contributed by atoms with Gasteiger partial charge in [0, 0.05) is 12.8 Å². The number of carboxylic acids is 1. The molecule has 1 amide bonds. The highest BCUT2D eigenvalue weighted by atomic mass is 19.4. The Morgan fingerprint density at radius 2 is 1.62 bits per heavy atom. The highest BCUT2D eigenvalue weighted by molar-refractivity contribution is 5.82. The van der Waals surface area contributed by atoms with Crippen LogP contribution in [0.4, 0.5) is 13.2 Å². The smallest absolute Gasteiger partial charge is 0.416 e. The van der Waals surface area contributed by atoms with Crippen LogP contribution in [-0.4, -0.2) is 23.2 Å². The maximum Gasteiger partial charge on any atom is 0.416 e. The van der Waals surface area contributed by atoms with E-state index in [1.165, 1.54) is 18.3 Å². The van der Waals surface area contributed by atoms with E-state index in [0.29, 0.717) is 18.4 Å². The number of carbonyl (C=O) groups is 2. The number of hydrogen-bond acceptors (Lipinski definition) is 3. The molecule has 1 rings (SSSR count). The molecule has 5 nitrogen and oxygen atoms in total. The van der Waals surface area contributed by atoms with Gasteiger partial charge in [-0.05, 0) is 30.5 Å². The van der Waals surface area contributed by atoms with E-state index in [1.54, 1.807) is 0 Å². The molecule has 1 aromatic rings. The number of nitrogens with zero attached hydrogens (tertiary/aromatic N) is 1. The van der Waals surface area contributed by atoms with Crippen LogP contribution in [-0.2, 0) is 15.8 Å². The predicted molar refractivity (Wildman–Crippen MR) is 82.5 cm³/mol. The minimum absolute atomic E-state index is 0.129. The van der Waals surface area contributed by atoms with Crippen LogP contribution < -0.4 is 5.43 Å². The summed E-state index contributed by atoms with van der Waals surface area (Å²) < 4.78 is 37.2. The molecule has 132 valence electrons. The maximum absolute atomic E-state index is 12.4. The van der Waals surface area contributed by atoms with Crippen molar-refractivity contribution in [3.63, 3.8) is 0 Å². The first-order chi connectivity index (χ1) is 11.3. The number of carboxylic acid groups (broad SMARTS) is 1. The molecular formula is C16H19F3N2O3. The predicted octanol–water partition coefficient (Wildman–Crippen LogP) is 3.58. The van der Waals surface area contributed by atoms with Gasteiger partial charge in [0.25, 0.3) is 0 Å². The van der Waals surface area contributed by atoms with Crippen molar-refractivity contribution in [1.29, 1.82) is 0 Å². The first kappa shape index (κ1) is 19.7. The van der Waals surface area contributed by atoms with Crippen LogP contribution in [0.1, 0.15) is 49.7 Å². The number of amides is 1. The van der Waals surface area contributed by atoms with Crippen LogP contribution in [0.15, 0.2) is 29.4 Å². The molecule has 1 aromatic carbocycles. The summed E-state index contributed by atoms with van der Waals surface area (Å²) in [5.74, 6) is -1.12. The average Bonchev–Trinajstić information content (AvgIpc) is 2.50. The lowest BCUT2D eigenvalue weighted by Crippen LogP contribution is -2.16. The zero-order chi connectivity index (χ0) is 18.0. The second-order valence-corrected chi connectivity index (χ2v) is 5.22. The lowest BCUT2D eigenvalue weighted by Gasteiger charge is -2.05. The maximum atomic E-state index is 12.4. The Morgan fingerprint density at radius 1 is 1.04 bits per heavy atom. The Balaban J connectivity index is 2.24. The zero-order valence-electron chi connectivity index (χ0n) is 13.0. The van der Waals surface area contributed by atoms with E-state index in [0.717, 1.165) is 25.0 Å². The number of halogens is 3. The Hall–Kier alpha value is -2.38. The summed E-state index contributed by atoms with van der Waals surface area (Å²) in [6.45, 7) is 0. The Bertz CT molecular complexity index is 569. The Kier molecular flexibility index (Phi) is 7.94. The fourth-order valence-corrected chi connectivity index (χ4v) is 1.91. The number of alkyl halides is 3. The summed E-state index contributed by atoms with van der Waals surface area (Å²) in [6, 6.07) is 4.42. The number of rotatable bonds is 9. The number of hydrogen-bond donors (Lipinski definition) is 2. The number of carbonyl (C=O) groups excluding carboxylic acids is 1. The lowest BCUT2D eigenvalue weighted by molar-refractivity contribution is -0.138. The van der Waals surface area contributed by atoms with Gasteiger partial charge in [0.2, 0.25) is 5.91 Å². The molecule has 0 bridgehead atoms. The van der Waals surface area contributed by atoms with Crippen LogP contribution in [0.2, 0.25) is 0 Å². The highest BCUT2D eigenvalue weighted by Crippen LogP contribution is 2.28. The van der Waals surface area contributed by atoms with Gasteiger partial charge in [-0.25, -0.2) is 5.43 Å². The molecule has 8 heteroatoms. The van der Waals surface area contributed by atoms with Crippen molar-refractivity contribution < 1.29 is 27.9 Å². The summed E-state index contributed by atoms with van der Waals surface area (Å²) in [4.78, 5) is 21.8. The number of aliphatic carboxylic acids is 1. The Labute approximate surface area is 137 Å². The Morgan fingerprint density at radius 3 is 2.17 bits per heavy atom. The topological polar surface area (TPSA) is 78.8 Å². The van der Waals surface area contributed by atoms with Crippen molar-refractivity contribution in [1.82, 2.24) is 5.43 Å². The van der Waals surface area contributed by atoms with Crippen molar-refractivity contribution in [2.75, 3.05) is 0 Å². The molecule has 0 aliphatic carbocycles. The van der Waals surface area contributed by atoms with Gasteiger partial charge in [-0.2, -0.15) is 18.3 Å². The minimum atomic E-state index is -4.38. The monoisotopic (exact) mass is 344 g/mol. The lowest BCUT2D eigenvalue weighted by atomic mass is 10.1. The van der Waals surface area contributed by atoms with Crippen LogP contribution in [0.25, 0.3) is 0 Å². The quantitative estimate of drug-likeness (QED) is 0.408. The first-order valence-corrected chi connectivity index (χ1v) is 7.50. The molecule has 0 spiro atoms. The molecule has 0 atom stereocenters. The molecular weight excluding hydrogens is 325 g/mol. The first-order valence-electron chi connectivity index (χ1n) is 7.50. The molecule has 24 heavy (non-hydrogen) atoms. The summed E-state index contributed by atoms with van der Waals surface area (Å²) in [6.07, 6.45) is -0.0116. The van der Waals surface area contributed by atoms with Gasteiger partial charge in [0.1, 0.15) is 0 Å². The van der Waals surface area contributed by atoms with E-state index in [-0.39, 0.29) is 18.7 Å². The van der Waals surface area contributed by atoms with E-state index in [9.17, 15) is 22.8 Å². The average molecular weight is 344 g/mol. The summed E-state index contributed by atoms with van der Waals surface area (Å²) in [5.41, 5.74) is 2.00. The van der Waals surface area contributed by atoms with Crippen molar-refractivity contribution in [3.8, 4) is 0 Å². The van der Waals surface area contributed by atoms with E-state index in [1.807, 2.05) is 0 Å². The van der Waals surface area contributed by atoms with Gasteiger partial charge in [-0.3, -0.25) is 9.59 Å². The molecule has 0 saturated heterocycles. The SMILES string of the molecule is O=C(O)CCCCCCC(=O)N/N=C/c1ccc(C(F)(F)F)cc1. The molecule has 0 saturated carbocycles. The van der Waals surface area contributed by atoms with Crippen molar-refractivity contribution in [2.24, 2.45) is 5.10 Å². The number of unbranched alkanes of at least 4 members (excludes halogenated alkanes) is 3. The second kappa shape index (κ2) is 9.69. The summed E-state index contributed by atoms with van der Waals surface area (Å²) in [7, 11) is 0. The van der Waals surface area contributed by atoms with Gasteiger partial charge in [-0.1, -0.05) is 25.0 Å². The van der Waals surface area contributed by atoms with Crippen LogP contribution in [0, 0.1) is 0 Å². The highest BCUT2D eigenvalue weighted by Gasteiger charge is 2.29. The normalized spacial score (nSPS) is 11.6. The molecule has 0 aliphatic heterocycles. The standard InChI is InChI=1S/C16H19F3N2O3/c17-16(18,19)13-9-7-12(8-10-13)11-20-21-14(22)5-3-1-2-4-6-15(23)24/h7-11H,1-6H2,(H,21,22)(H,23,24)/b20-11+. The van der Waals surface area contributed by atoms with Gasteiger partial charge in [-0.15, -0.1) is 0 Å². The second-order valence-electron chi connectivity index (χ2n) is 5.22. The van der Waals surface area contributed by atoms with Crippen molar-refractivity contribution >= 4 is 18.1 Å². The largest absolute Gasteiger partial charge is 0.481 e. The molecule has 0 aliphatic rings. The van der Waals surface area contributed by atoms with Crippen molar-refractivity contribution in [2.45, 2.75) is 44.7 Å². The summed E-state index contributed by atoms with van der Waals surface area (Å²) in [5, 5.41) is 12.2. The molecule has 0 aromatic heterocycles. The van der Waals surface area contributed by atoms with E-state index in [2.05, 4.69) is 10.5 Å². The van der Waals surface area contributed by atoms with Crippen LogP contribution >= 0.6 is 0 Å². The van der Waals surface area contributed by atoms with Gasteiger partial charge >= 0.3 is 12.1 Å².